The number of aliphatic hydroxyl groups excluding tert-OH is 1. The number of phenols is 1. The van der Waals surface area contributed by atoms with Crippen LogP contribution in [-0.2, 0) is 39.9 Å². The van der Waals surface area contributed by atoms with Gasteiger partial charge in [0.25, 0.3) is 5.91 Å². The van der Waals surface area contributed by atoms with Gasteiger partial charge >= 0.3 is 11.9 Å². The number of fused-ring (bicyclic) bond motifs is 1. The van der Waals surface area contributed by atoms with Crippen LogP contribution < -0.4 is 21.7 Å². The Labute approximate surface area is 293 Å². The summed E-state index contributed by atoms with van der Waals surface area (Å²) in [6, 6.07) is 1.42. The summed E-state index contributed by atoms with van der Waals surface area (Å²) in [5, 5.41) is 29.0. The lowest BCUT2D eigenvalue weighted by Gasteiger charge is -2.34. The van der Waals surface area contributed by atoms with Crippen LogP contribution >= 0.6 is 0 Å². The highest BCUT2D eigenvalue weighted by atomic mass is 16.6. The molecule has 1 fully saturated rings. The Bertz CT molecular complexity index is 1370. The molecule has 1 saturated heterocycles. The van der Waals surface area contributed by atoms with Crippen molar-refractivity contribution in [1.82, 2.24) is 16.0 Å². The Morgan fingerprint density at radius 3 is 2.24 bits per heavy atom. The summed E-state index contributed by atoms with van der Waals surface area (Å²) < 4.78 is 10.8. The minimum Gasteiger partial charge on any atom is -0.507 e. The van der Waals surface area contributed by atoms with E-state index in [-0.39, 0.29) is 36.5 Å². The van der Waals surface area contributed by atoms with E-state index in [4.69, 9.17) is 15.2 Å². The van der Waals surface area contributed by atoms with Crippen LogP contribution in [0.1, 0.15) is 114 Å². The van der Waals surface area contributed by atoms with Crippen molar-refractivity contribution in [1.29, 1.82) is 0 Å². The van der Waals surface area contributed by atoms with Crippen LogP contribution in [0.5, 0.6) is 5.75 Å². The molecule has 3 rings (SSSR count). The minimum absolute atomic E-state index is 0.0371. The highest BCUT2D eigenvalue weighted by molar-refractivity contribution is 5.95. The number of benzene rings is 1. The molecule has 2 aliphatic rings. The molecule has 0 bridgehead atoms. The van der Waals surface area contributed by atoms with Gasteiger partial charge in [0.15, 0.2) is 12.2 Å². The van der Waals surface area contributed by atoms with E-state index in [0.717, 1.165) is 25.7 Å². The van der Waals surface area contributed by atoms with Crippen molar-refractivity contribution < 1.29 is 48.5 Å². The highest BCUT2D eigenvalue weighted by Crippen LogP contribution is 2.30. The SMILES string of the molecule is CC(C)CCCCCCCCC(=O)N[C@@H](CC(N)=O)C(=O)N[C@H]1CC(=O)O[C@@H]1[C@H](O)C(=O)N[C@@H](CC(C)C)[C@@H]1Cc2cccc(O)c2C(=O)O1. The summed E-state index contributed by atoms with van der Waals surface area (Å²) in [6.07, 6.45) is 2.69. The number of primary amides is 1. The van der Waals surface area contributed by atoms with Crippen LogP contribution in [0.2, 0.25) is 0 Å². The Hall–Kier alpha value is -4.20. The standard InChI is InChI=1S/C36H54N4O10/c1-20(2)12-9-7-5-6-8-10-15-29(43)38-25(18-28(37)42)34(46)40-24-19-30(44)50-33(24)32(45)35(47)39-23(16-21(3)4)27-17-22-13-11-14-26(41)31(22)36(48)49-27/h11,13-14,20-21,23-25,27,32-33,41,45H,5-10,12,15-19H2,1-4H3,(H2,37,42)(H,38,43)(H,39,47)(H,40,46)/t23-,24-,25-,27-,32-,33-/m0/s1. The van der Waals surface area contributed by atoms with E-state index in [0.29, 0.717) is 24.3 Å². The summed E-state index contributed by atoms with van der Waals surface area (Å²) in [7, 11) is 0. The third-order valence-corrected chi connectivity index (χ3v) is 8.96. The third kappa shape index (κ3) is 12.3. The molecule has 2 aliphatic heterocycles. The molecule has 50 heavy (non-hydrogen) atoms. The lowest BCUT2D eigenvalue weighted by molar-refractivity contribution is -0.151. The second kappa shape index (κ2) is 19.3. The molecule has 0 aromatic heterocycles. The molecule has 7 N–H and O–H groups in total. The number of cyclic esters (lactones) is 2. The number of phenolic OH excluding ortho intramolecular Hbond substituents is 1. The normalized spacial score (nSPS) is 20.3. The first-order valence-electron chi connectivity index (χ1n) is 17.7. The first kappa shape index (κ1) is 40.2. The van der Waals surface area contributed by atoms with E-state index in [1.165, 1.54) is 18.9 Å². The number of carbonyl (C=O) groups is 6. The Balaban J connectivity index is 1.59. The number of rotatable bonds is 20. The van der Waals surface area contributed by atoms with E-state index in [9.17, 15) is 39.0 Å². The van der Waals surface area contributed by atoms with Crippen molar-refractivity contribution in [2.24, 2.45) is 17.6 Å². The average Bonchev–Trinajstić information content (AvgIpc) is 3.39. The molecular weight excluding hydrogens is 648 g/mol. The zero-order valence-corrected chi connectivity index (χ0v) is 29.6. The lowest BCUT2D eigenvalue weighted by atomic mass is 9.90. The van der Waals surface area contributed by atoms with E-state index in [2.05, 4.69) is 29.8 Å². The molecule has 14 nitrogen and oxygen atoms in total. The Morgan fingerprint density at radius 1 is 0.900 bits per heavy atom. The second-order valence-electron chi connectivity index (χ2n) is 14.3. The molecule has 0 unspecified atom stereocenters. The van der Waals surface area contributed by atoms with Crippen LogP contribution in [-0.4, -0.2) is 82.2 Å². The molecule has 0 aliphatic carbocycles. The number of aromatic hydroxyl groups is 1. The number of aliphatic hydroxyl groups is 1. The third-order valence-electron chi connectivity index (χ3n) is 8.96. The molecule has 1 aromatic rings. The molecule has 2 heterocycles. The van der Waals surface area contributed by atoms with Crippen molar-refractivity contribution in [2.45, 2.75) is 141 Å². The molecule has 14 heteroatoms. The fourth-order valence-electron chi connectivity index (χ4n) is 6.40. The maximum absolute atomic E-state index is 13.4. The van der Waals surface area contributed by atoms with Gasteiger partial charge in [0, 0.05) is 12.8 Å². The van der Waals surface area contributed by atoms with Crippen LogP contribution in [0.15, 0.2) is 18.2 Å². The van der Waals surface area contributed by atoms with Gasteiger partial charge in [0.2, 0.25) is 17.7 Å². The first-order valence-corrected chi connectivity index (χ1v) is 17.7. The molecule has 0 radical (unpaired) electrons. The monoisotopic (exact) mass is 702 g/mol. The summed E-state index contributed by atoms with van der Waals surface area (Å²) in [4.78, 5) is 76.1. The summed E-state index contributed by atoms with van der Waals surface area (Å²) >= 11 is 0. The number of unbranched alkanes of at least 4 members (excludes halogenated alkanes) is 5. The van der Waals surface area contributed by atoms with Gasteiger partial charge in [0.05, 0.1) is 24.9 Å². The maximum atomic E-state index is 13.4. The smallest absolute Gasteiger partial charge is 0.342 e. The van der Waals surface area contributed by atoms with Gasteiger partial charge in [-0.25, -0.2) is 4.79 Å². The average molecular weight is 703 g/mol. The molecule has 6 atom stereocenters. The minimum atomic E-state index is -1.92. The topological polar surface area (TPSA) is 223 Å². The number of carbonyl (C=O) groups excluding carboxylic acids is 6. The summed E-state index contributed by atoms with van der Waals surface area (Å²) in [5.74, 6) is -4.02. The van der Waals surface area contributed by atoms with Crippen molar-refractivity contribution in [2.75, 3.05) is 0 Å². The van der Waals surface area contributed by atoms with Crippen LogP contribution in [0, 0.1) is 11.8 Å². The van der Waals surface area contributed by atoms with Gasteiger partial charge < -0.3 is 41.4 Å². The molecule has 1 aromatic carbocycles. The Morgan fingerprint density at radius 2 is 1.58 bits per heavy atom. The van der Waals surface area contributed by atoms with Gasteiger partial charge in [0.1, 0.15) is 23.5 Å². The molecule has 278 valence electrons. The van der Waals surface area contributed by atoms with Crippen molar-refractivity contribution in [3.63, 3.8) is 0 Å². The number of amides is 4. The lowest BCUT2D eigenvalue weighted by Crippen LogP contribution is -2.57. The van der Waals surface area contributed by atoms with Gasteiger partial charge in [-0.1, -0.05) is 78.4 Å². The quantitative estimate of drug-likeness (QED) is 0.0859. The van der Waals surface area contributed by atoms with Crippen LogP contribution in [0.25, 0.3) is 0 Å². The predicted molar refractivity (Wildman–Crippen MR) is 182 cm³/mol. The zero-order valence-electron chi connectivity index (χ0n) is 29.6. The predicted octanol–water partition coefficient (Wildman–Crippen LogP) is 2.30. The maximum Gasteiger partial charge on any atom is 0.342 e. The van der Waals surface area contributed by atoms with Crippen LogP contribution in [0.3, 0.4) is 0 Å². The van der Waals surface area contributed by atoms with Gasteiger partial charge in [-0.15, -0.1) is 0 Å². The van der Waals surface area contributed by atoms with Gasteiger partial charge in [-0.3, -0.25) is 24.0 Å². The number of esters is 2. The van der Waals surface area contributed by atoms with Gasteiger partial charge in [-0.2, -0.15) is 0 Å². The molecule has 0 spiro atoms. The number of hydrogen-bond acceptors (Lipinski definition) is 10. The number of ether oxygens (including phenoxy) is 2. The fourth-order valence-corrected chi connectivity index (χ4v) is 6.40. The number of nitrogens with one attached hydrogen (secondary N) is 3. The fraction of sp³-hybridized carbons (Fsp3) is 0.667. The van der Waals surface area contributed by atoms with Crippen molar-refractivity contribution in [3.05, 3.63) is 29.3 Å². The second-order valence-corrected chi connectivity index (χ2v) is 14.3. The van der Waals surface area contributed by atoms with E-state index >= 15 is 0 Å². The largest absolute Gasteiger partial charge is 0.507 e. The van der Waals surface area contributed by atoms with Crippen LogP contribution in [0.4, 0.5) is 0 Å². The van der Waals surface area contributed by atoms with Crippen molar-refractivity contribution in [3.8, 4) is 5.75 Å². The molecular formula is C36H54N4O10. The zero-order chi connectivity index (χ0) is 37.0. The summed E-state index contributed by atoms with van der Waals surface area (Å²) in [6.45, 7) is 8.21. The summed E-state index contributed by atoms with van der Waals surface area (Å²) in [5.41, 5.74) is 5.96. The van der Waals surface area contributed by atoms with E-state index in [1.807, 2.05) is 13.8 Å². The molecule has 0 saturated carbocycles. The van der Waals surface area contributed by atoms with Gasteiger partial charge in [-0.05, 0) is 36.3 Å². The Kier molecular flexibility index (Phi) is 15.5. The first-order chi connectivity index (χ1) is 23.7. The van der Waals surface area contributed by atoms with Crippen molar-refractivity contribution >= 4 is 35.6 Å². The highest BCUT2D eigenvalue weighted by Gasteiger charge is 2.45. The molecule has 4 amide bonds. The number of nitrogens with two attached hydrogens (primary N) is 1. The number of hydrogen-bond donors (Lipinski definition) is 6. The van der Waals surface area contributed by atoms with E-state index < -0.39 is 78.4 Å². The van der Waals surface area contributed by atoms with E-state index in [1.54, 1.807) is 12.1 Å².